The number of fused-ring (bicyclic) bond motifs is 1. The highest BCUT2D eigenvalue weighted by Gasteiger charge is 2.25. The van der Waals surface area contributed by atoms with Crippen LogP contribution in [0.4, 0.5) is 21.5 Å². The largest absolute Gasteiger partial charge is 0.397 e. The van der Waals surface area contributed by atoms with E-state index in [0.29, 0.717) is 35.2 Å². The molecule has 1 fully saturated rings. The average molecular weight is 452 g/mol. The fraction of sp³-hybridized carbons (Fsp3) is 0.375. The molecule has 1 amide bonds. The second-order valence-electron chi connectivity index (χ2n) is 8.22. The molecule has 0 aliphatic carbocycles. The van der Waals surface area contributed by atoms with E-state index >= 15 is 0 Å². The van der Waals surface area contributed by atoms with Gasteiger partial charge in [-0.15, -0.1) is 0 Å². The molecule has 9 heteroatoms. The van der Waals surface area contributed by atoms with Gasteiger partial charge in [-0.1, -0.05) is 6.92 Å². The number of nitrogens with one attached hydrogen (secondary N) is 2. The second-order valence-corrected chi connectivity index (χ2v) is 8.22. The Balaban J connectivity index is 1.63. The molecule has 174 valence electrons. The number of nitrogens with two attached hydrogens (primary N) is 1. The van der Waals surface area contributed by atoms with Crippen LogP contribution in [0, 0.1) is 12.7 Å². The summed E-state index contributed by atoms with van der Waals surface area (Å²) in [5, 5.41) is 6.25. The number of likely N-dealkylation sites (N-methyl/N-ethyl adjacent to an activating group) is 1. The number of carbonyl (C=O) groups excluding carboxylic acids is 1. The van der Waals surface area contributed by atoms with Gasteiger partial charge < -0.3 is 25.7 Å². The number of anilines is 3. The molecule has 0 spiro atoms. The number of imidazole rings is 1. The zero-order valence-corrected chi connectivity index (χ0v) is 19.2. The van der Waals surface area contributed by atoms with E-state index in [1.165, 1.54) is 6.07 Å². The number of nitrogens with zero attached hydrogens (tertiary/aromatic N) is 4. The van der Waals surface area contributed by atoms with Gasteiger partial charge in [0.25, 0.3) is 5.91 Å². The molecular weight excluding hydrogens is 421 g/mol. The van der Waals surface area contributed by atoms with Gasteiger partial charge in [0, 0.05) is 61.6 Å². The van der Waals surface area contributed by atoms with E-state index in [0.717, 1.165) is 37.3 Å². The van der Waals surface area contributed by atoms with Gasteiger partial charge in [0.05, 0.1) is 22.6 Å². The SMILES string of the molecule is CCN=Cc1c(N2CCC(NCC)C2)ccc(C(=O)Nc2cc(F)c3nc(C)cn3c2)c1N. The van der Waals surface area contributed by atoms with Crippen molar-refractivity contribution in [3.8, 4) is 0 Å². The van der Waals surface area contributed by atoms with Gasteiger partial charge >= 0.3 is 0 Å². The lowest BCUT2D eigenvalue weighted by molar-refractivity contribution is 0.102. The van der Waals surface area contributed by atoms with E-state index in [-0.39, 0.29) is 5.65 Å². The van der Waals surface area contributed by atoms with E-state index in [4.69, 9.17) is 5.73 Å². The monoisotopic (exact) mass is 451 g/mol. The van der Waals surface area contributed by atoms with Crippen molar-refractivity contribution in [1.82, 2.24) is 14.7 Å². The number of benzene rings is 1. The Morgan fingerprint density at radius 2 is 2.18 bits per heavy atom. The molecule has 1 aliphatic heterocycles. The summed E-state index contributed by atoms with van der Waals surface area (Å²) in [5.74, 6) is -0.919. The maximum absolute atomic E-state index is 14.4. The molecule has 3 heterocycles. The zero-order valence-electron chi connectivity index (χ0n) is 19.2. The van der Waals surface area contributed by atoms with E-state index in [9.17, 15) is 9.18 Å². The molecule has 2 aromatic heterocycles. The van der Waals surface area contributed by atoms with Crippen molar-refractivity contribution >= 4 is 34.8 Å². The number of hydrogen-bond donors (Lipinski definition) is 3. The van der Waals surface area contributed by atoms with Crippen LogP contribution in [0.2, 0.25) is 0 Å². The smallest absolute Gasteiger partial charge is 0.257 e. The second kappa shape index (κ2) is 9.58. The Morgan fingerprint density at radius 1 is 1.36 bits per heavy atom. The number of nitrogen functional groups attached to an aromatic ring is 1. The van der Waals surface area contributed by atoms with Gasteiger partial charge in [0.15, 0.2) is 11.5 Å². The average Bonchev–Trinajstić information content (AvgIpc) is 3.39. The van der Waals surface area contributed by atoms with E-state index in [2.05, 4.69) is 32.4 Å². The van der Waals surface area contributed by atoms with Crippen LogP contribution in [0.15, 0.2) is 35.6 Å². The van der Waals surface area contributed by atoms with Crippen LogP contribution < -0.4 is 21.3 Å². The number of aryl methyl sites for hydroxylation is 1. The van der Waals surface area contributed by atoms with Crippen LogP contribution in [0.1, 0.15) is 41.9 Å². The van der Waals surface area contributed by atoms with Gasteiger partial charge in [0.2, 0.25) is 0 Å². The Hall–Kier alpha value is -3.46. The minimum atomic E-state index is -0.510. The number of pyridine rings is 1. The molecular formula is C24H30FN7O. The first kappa shape index (κ1) is 22.7. The minimum absolute atomic E-state index is 0.217. The Morgan fingerprint density at radius 3 is 2.94 bits per heavy atom. The summed E-state index contributed by atoms with van der Waals surface area (Å²) < 4.78 is 16.0. The third kappa shape index (κ3) is 4.68. The number of aromatic nitrogens is 2. The topological polar surface area (TPSA) is 100 Å². The molecule has 1 saturated heterocycles. The van der Waals surface area contributed by atoms with Gasteiger partial charge in [-0.05, 0) is 38.9 Å². The van der Waals surface area contributed by atoms with Crippen molar-refractivity contribution in [3.05, 3.63) is 53.2 Å². The summed E-state index contributed by atoms with van der Waals surface area (Å²) in [7, 11) is 0. The minimum Gasteiger partial charge on any atom is -0.397 e. The first-order chi connectivity index (χ1) is 15.9. The molecule has 1 aromatic carbocycles. The van der Waals surface area contributed by atoms with Crippen LogP contribution >= 0.6 is 0 Å². The lowest BCUT2D eigenvalue weighted by Crippen LogP contribution is -2.32. The van der Waals surface area contributed by atoms with Gasteiger partial charge in [0.1, 0.15) is 0 Å². The Kier molecular flexibility index (Phi) is 6.60. The highest BCUT2D eigenvalue weighted by molar-refractivity contribution is 6.11. The van der Waals surface area contributed by atoms with Crippen molar-refractivity contribution < 1.29 is 9.18 Å². The molecule has 33 heavy (non-hydrogen) atoms. The van der Waals surface area contributed by atoms with Gasteiger partial charge in [-0.2, -0.15) is 0 Å². The molecule has 4 rings (SSSR count). The first-order valence-corrected chi connectivity index (χ1v) is 11.3. The normalized spacial score (nSPS) is 16.2. The van der Waals surface area contributed by atoms with Gasteiger partial charge in [-0.3, -0.25) is 9.79 Å². The van der Waals surface area contributed by atoms with Crippen LogP contribution in [0.3, 0.4) is 0 Å². The molecule has 0 saturated carbocycles. The molecule has 3 aromatic rings. The third-order valence-electron chi connectivity index (χ3n) is 5.82. The van der Waals surface area contributed by atoms with E-state index in [1.807, 2.05) is 13.0 Å². The van der Waals surface area contributed by atoms with Crippen molar-refractivity contribution in [3.63, 3.8) is 0 Å². The quantitative estimate of drug-likeness (QED) is 0.378. The maximum Gasteiger partial charge on any atom is 0.257 e. The maximum atomic E-state index is 14.4. The Labute approximate surface area is 192 Å². The molecule has 1 atom stereocenters. The Bertz CT molecular complexity index is 1200. The number of hydrogen-bond acceptors (Lipinski definition) is 6. The molecule has 4 N–H and O–H groups in total. The van der Waals surface area contributed by atoms with Crippen LogP contribution in [-0.4, -0.2) is 53.7 Å². The lowest BCUT2D eigenvalue weighted by atomic mass is 10.0. The molecule has 1 aliphatic rings. The van der Waals surface area contributed by atoms with Crippen LogP contribution in [0.5, 0.6) is 0 Å². The number of carbonyl (C=O) groups is 1. The molecule has 0 radical (unpaired) electrons. The van der Waals surface area contributed by atoms with Crippen molar-refractivity contribution in [2.24, 2.45) is 4.99 Å². The highest BCUT2D eigenvalue weighted by Crippen LogP contribution is 2.31. The first-order valence-electron chi connectivity index (χ1n) is 11.3. The molecule has 8 nitrogen and oxygen atoms in total. The van der Waals surface area contributed by atoms with Crippen LogP contribution in [-0.2, 0) is 0 Å². The highest BCUT2D eigenvalue weighted by atomic mass is 19.1. The summed E-state index contributed by atoms with van der Waals surface area (Å²) in [4.78, 5) is 23.9. The fourth-order valence-electron chi connectivity index (χ4n) is 4.30. The lowest BCUT2D eigenvalue weighted by Gasteiger charge is -2.23. The summed E-state index contributed by atoms with van der Waals surface area (Å²) in [6.07, 6.45) is 6.11. The molecule has 0 bridgehead atoms. The zero-order chi connectivity index (χ0) is 23.5. The third-order valence-corrected chi connectivity index (χ3v) is 5.82. The summed E-state index contributed by atoms with van der Waals surface area (Å²) in [5.41, 5.74) is 10.1. The van der Waals surface area contributed by atoms with Crippen molar-refractivity contribution in [2.75, 3.05) is 42.1 Å². The number of rotatable bonds is 7. The number of amides is 1. The summed E-state index contributed by atoms with van der Waals surface area (Å²) >= 11 is 0. The van der Waals surface area contributed by atoms with Crippen LogP contribution in [0.25, 0.3) is 5.65 Å². The molecule has 1 unspecified atom stereocenters. The number of aliphatic imine (C=N–C) groups is 1. The predicted octanol–water partition coefficient (Wildman–Crippen LogP) is 3.24. The van der Waals surface area contributed by atoms with E-state index < -0.39 is 11.7 Å². The standard InChI is InChI=1S/C24H30FN7O/c1-4-27-11-19-21(31-9-8-16(13-31)28-5-2)7-6-18(22(19)26)24(33)30-17-10-20(25)23-29-15(3)12-32(23)14-17/h6-7,10-12,14,16,28H,4-5,8-9,13,26H2,1-3H3,(H,30,33). The van der Waals surface area contributed by atoms with Crippen molar-refractivity contribution in [1.29, 1.82) is 0 Å². The van der Waals surface area contributed by atoms with E-state index in [1.54, 1.807) is 36.0 Å². The summed E-state index contributed by atoms with van der Waals surface area (Å²) in [6.45, 7) is 9.14. The predicted molar refractivity (Wildman–Crippen MR) is 131 cm³/mol. The van der Waals surface area contributed by atoms with Crippen molar-refractivity contribution in [2.45, 2.75) is 33.2 Å². The number of halogens is 1. The fourth-order valence-corrected chi connectivity index (χ4v) is 4.30. The van der Waals surface area contributed by atoms with Gasteiger partial charge in [-0.25, -0.2) is 9.37 Å². The summed E-state index contributed by atoms with van der Waals surface area (Å²) in [6, 6.07) is 5.32.